The van der Waals surface area contributed by atoms with E-state index in [9.17, 15) is 14.4 Å². The molecule has 6 heteroatoms. The van der Waals surface area contributed by atoms with Crippen LogP contribution in [-0.2, 0) is 28.6 Å². The van der Waals surface area contributed by atoms with Crippen LogP contribution >= 0.6 is 0 Å². The topological polar surface area (TPSA) is 78.9 Å². The van der Waals surface area contributed by atoms with Gasteiger partial charge in [-0.15, -0.1) is 0 Å². The molecule has 0 unspecified atom stereocenters. The van der Waals surface area contributed by atoms with Crippen molar-refractivity contribution in [3.05, 3.63) is 0 Å². The van der Waals surface area contributed by atoms with Gasteiger partial charge in [-0.05, 0) is 19.3 Å². The summed E-state index contributed by atoms with van der Waals surface area (Å²) in [6.07, 6.45) is 59.4. The molecule has 0 radical (unpaired) electrons. The third-order valence-corrected chi connectivity index (χ3v) is 13.4. The highest BCUT2D eigenvalue weighted by molar-refractivity contribution is 5.71. The maximum atomic E-state index is 12.8. The first-order valence-electron chi connectivity index (χ1n) is 29.0. The molecule has 0 saturated carbocycles. The molecule has 0 rings (SSSR count). The van der Waals surface area contributed by atoms with Gasteiger partial charge >= 0.3 is 17.9 Å². The number of hydrogen-bond donors (Lipinski definition) is 0. The number of carbonyl (C=O) groups excluding carboxylic acids is 3. The lowest BCUT2D eigenvalue weighted by atomic mass is 10.0. The van der Waals surface area contributed by atoms with Gasteiger partial charge in [0.2, 0.25) is 0 Å². The Kier molecular flexibility index (Phi) is 52.7. The fraction of sp³-hybridized carbons (Fsp3) is 0.948. The van der Waals surface area contributed by atoms with E-state index in [1.807, 2.05) is 0 Å². The highest BCUT2D eigenvalue weighted by atomic mass is 16.6. The lowest BCUT2D eigenvalue weighted by Crippen LogP contribution is -2.30. The quantitative estimate of drug-likeness (QED) is 0.0344. The molecule has 64 heavy (non-hydrogen) atoms. The fourth-order valence-corrected chi connectivity index (χ4v) is 8.98. The number of ether oxygens (including phenoxy) is 3. The van der Waals surface area contributed by atoms with Gasteiger partial charge in [0, 0.05) is 19.3 Å². The van der Waals surface area contributed by atoms with Crippen molar-refractivity contribution in [2.24, 2.45) is 0 Å². The molecule has 380 valence electrons. The minimum Gasteiger partial charge on any atom is -0.462 e. The molecule has 0 aliphatic rings. The van der Waals surface area contributed by atoms with Crippen LogP contribution in [0.5, 0.6) is 0 Å². The van der Waals surface area contributed by atoms with E-state index < -0.39 is 6.10 Å². The molecule has 1 atom stereocenters. The van der Waals surface area contributed by atoms with Crippen LogP contribution in [0, 0.1) is 0 Å². The second-order valence-corrected chi connectivity index (χ2v) is 19.9. The monoisotopic (exact) mass is 905 g/mol. The third-order valence-electron chi connectivity index (χ3n) is 13.4. The van der Waals surface area contributed by atoms with Crippen molar-refractivity contribution < 1.29 is 28.6 Å². The van der Waals surface area contributed by atoms with E-state index in [1.165, 1.54) is 238 Å². The largest absolute Gasteiger partial charge is 0.462 e. The zero-order valence-electron chi connectivity index (χ0n) is 43.6. The maximum Gasteiger partial charge on any atom is 0.306 e. The van der Waals surface area contributed by atoms with E-state index >= 15 is 0 Å². The summed E-state index contributed by atoms with van der Waals surface area (Å²) < 4.78 is 16.9. The van der Waals surface area contributed by atoms with Crippen molar-refractivity contribution in [1.82, 2.24) is 0 Å². The van der Waals surface area contributed by atoms with Crippen molar-refractivity contribution >= 4 is 17.9 Å². The summed E-state index contributed by atoms with van der Waals surface area (Å²) in [4.78, 5) is 38.1. The van der Waals surface area contributed by atoms with Crippen LogP contribution in [0.1, 0.15) is 335 Å². The van der Waals surface area contributed by atoms with Gasteiger partial charge in [-0.3, -0.25) is 14.4 Å². The summed E-state index contributed by atoms with van der Waals surface area (Å²) in [5.41, 5.74) is 0. The Hall–Kier alpha value is -1.59. The SMILES string of the molecule is CCCCCCCCCCCCCCCCCCCC(=O)OC[C@H](COC(=O)CCCCCCCCCCCCCCCC)OC(=O)CCCCCCCCCCCCCCCCC. The first-order chi connectivity index (χ1) is 31.5. The van der Waals surface area contributed by atoms with Crippen molar-refractivity contribution in [1.29, 1.82) is 0 Å². The Labute approximate surface area is 399 Å². The number of carbonyl (C=O) groups is 3. The Morgan fingerprint density at radius 3 is 0.625 bits per heavy atom. The molecule has 0 aromatic carbocycles. The molecule has 0 aromatic rings. The van der Waals surface area contributed by atoms with Crippen molar-refractivity contribution in [3.63, 3.8) is 0 Å². The van der Waals surface area contributed by atoms with Gasteiger partial charge in [-0.25, -0.2) is 0 Å². The molecule has 0 heterocycles. The summed E-state index contributed by atoms with van der Waals surface area (Å²) in [6, 6.07) is 0. The number of esters is 3. The minimum absolute atomic E-state index is 0.0610. The normalized spacial score (nSPS) is 11.9. The molecule has 6 nitrogen and oxygen atoms in total. The van der Waals surface area contributed by atoms with Gasteiger partial charge < -0.3 is 14.2 Å². The minimum atomic E-state index is -0.761. The van der Waals surface area contributed by atoms with Gasteiger partial charge in [0.05, 0.1) is 0 Å². The van der Waals surface area contributed by atoms with Gasteiger partial charge in [-0.1, -0.05) is 297 Å². The molecule has 0 spiro atoms. The Bertz CT molecular complexity index is 951. The van der Waals surface area contributed by atoms with E-state index in [4.69, 9.17) is 14.2 Å². The van der Waals surface area contributed by atoms with Crippen LogP contribution in [0.4, 0.5) is 0 Å². The zero-order valence-corrected chi connectivity index (χ0v) is 43.6. The standard InChI is InChI=1S/C58H112O6/c1-4-7-10-13-16-19-22-25-28-29-31-33-36-39-42-45-48-51-57(60)63-54-55(53-62-56(59)50-47-44-41-38-35-32-27-24-21-18-15-12-9-6-3)64-58(61)52-49-46-43-40-37-34-30-26-23-20-17-14-11-8-5-2/h55H,4-54H2,1-3H3/t55-/m0/s1. The summed E-state index contributed by atoms with van der Waals surface area (Å²) in [6.45, 7) is 6.71. The maximum absolute atomic E-state index is 12.8. The molecular weight excluding hydrogens is 793 g/mol. The molecule has 0 saturated heterocycles. The summed E-state index contributed by atoms with van der Waals surface area (Å²) in [7, 11) is 0. The predicted octanol–water partition coefficient (Wildman–Crippen LogP) is 19.2. The van der Waals surface area contributed by atoms with E-state index in [-0.39, 0.29) is 31.1 Å². The number of hydrogen-bond acceptors (Lipinski definition) is 6. The van der Waals surface area contributed by atoms with Crippen LogP contribution in [0.3, 0.4) is 0 Å². The Balaban J connectivity index is 4.28. The van der Waals surface area contributed by atoms with E-state index in [0.29, 0.717) is 19.3 Å². The highest BCUT2D eigenvalue weighted by Gasteiger charge is 2.19. The van der Waals surface area contributed by atoms with Crippen molar-refractivity contribution in [2.75, 3.05) is 13.2 Å². The van der Waals surface area contributed by atoms with Gasteiger partial charge in [0.1, 0.15) is 13.2 Å². The average molecular weight is 906 g/mol. The van der Waals surface area contributed by atoms with Crippen molar-refractivity contribution in [3.8, 4) is 0 Å². The lowest BCUT2D eigenvalue weighted by Gasteiger charge is -2.18. The molecule has 0 bridgehead atoms. The smallest absolute Gasteiger partial charge is 0.306 e. The van der Waals surface area contributed by atoms with Crippen LogP contribution < -0.4 is 0 Å². The van der Waals surface area contributed by atoms with E-state index in [0.717, 1.165) is 57.8 Å². The second-order valence-electron chi connectivity index (χ2n) is 19.9. The number of unbranched alkanes of at least 4 members (excludes halogenated alkanes) is 43. The first kappa shape index (κ1) is 62.4. The van der Waals surface area contributed by atoms with Crippen LogP contribution in [0.2, 0.25) is 0 Å². The summed E-state index contributed by atoms with van der Waals surface area (Å²) in [5.74, 6) is -0.831. The molecule has 0 fully saturated rings. The molecular formula is C58H112O6. The summed E-state index contributed by atoms with van der Waals surface area (Å²) in [5, 5.41) is 0. The van der Waals surface area contributed by atoms with Crippen LogP contribution in [0.15, 0.2) is 0 Å². The Morgan fingerprint density at radius 1 is 0.250 bits per heavy atom. The summed E-state index contributed by atoms with van der Waals surface area (Å²) >= 11 is 0. The van der Waals surface area contributed by atoms with Crippen molar-refractivity contribution in [2.45, 2.75) is 341 Å². The average Bonchev–Trinajstić information content (AvgIpc) is 3.29. The van der Waals surface area contributed by atoms with E-state index in [2.05, 4.69) is 20.8 Å². The van der Waals surface area contributed by atoms with Gasteiger partial charge in [0.25, 0.3) is 0 Å². The second kappa shape index (κ2) is 54.0. The third kappa shape index (κ3) is 51.4. The molecule has 0 aliphatic heterocycles. The lowest BCUT2D eigenvalue weighted by molar-refractivity contribution is -0.167. The highest BCUT2D eigenvalue weighted by Crippen LogP contribution is 2.18. The zero-order chi connectivity index (χ0) is 46.5. The number of rotatable bonds is 54. The fourth-order valence-electron chi connectivity index (χ4n) is 8.98. The van der Waals surface area contributed by atoms with Crippen LogP contribution in [-0.4, -0.2) is 37.2 Å². The molecule has 0 N–H and O–H groups in total. The Morgan fingerprint density at radius 2 is 0.422 bits per heavy atom. The van der Waals surface area contributed by atoms with Gasteiger partial charge in [0.15, 0.2) is 6.10 Å². The molecule has 0 aromatic heterocycles. The molecule has 0 amide bonds. The van der Waals surface area contributed by atoms with E-state index in [1.54, 1.807) is 0 Å². The predicted molar refractivity (Wildman–Crippen MR) is 275 cm³/mol. The van der Waals surface area contributed by atoms with Crippen LogP contribution in [0.25, 0.3) is 0 Å². The van der Waals surface area contributed by atoms with Gasteiger partial charge in [-0.2, -0.15) is 0 Å². The molecule has 0 aliphatic carbocycles. The first-order valence-corrected chi connectivity index (χ1v) is 29.0.